The molecule has 0 spiro atoms. The van der Waals surface area contributed by atoms with E-state index in [2.05, 4.69) is 71.7 Å². The van der Waals surface area contributed by atoms with Crippen LogP contribution < -0.4 is 24.5 Å². The molecule has 2 aromatic heterocycles. The van der Waals surface area contributed by atoms with Crippen LogP contribution in [0.15, 0.2) is 91.4 Å². The summed E-state index contributed by atoms with van der Waals surface area (Å²) in [7, 11) is -2.48. The number of rotatable bonds is 3. The van der Waals surface area contributed by atoms with Gasteiger partial charge in [-0.3, -0.25) is 9.97 Å². The van der Waals surface area contributed by atoms with Gasteiger partial charge in [-0.2, -0.15) is 0 Å². The van der Waals surface area contributed by atoms with Gasteiger partial charge in [0.25, 0.3) is 0 Å². The molecule has 0 unspecified atom stereocenters. The predicted octanol–water partition coefficient (Wildman–Crippen LogP) is 1.03. The van der Waals surface area contributed by atoms with Crippen molar-refractivity contribution in [3.63, 3.8) is 0 Å². The van der Waals surface area contributed by atoms with Crippen molar-refractivity contribution < 1.29 is 3.79 Å². The maximum Gasteiger partial charge on any atom is 0.494 e. The molecule has 1 aliphatic rings. The molecule has 3 heterocycles. The van der Waals surface area contributed by atoms with E-state index in [0.29, 0.717) is 0 Å². The minimum absolute atomic E-state index is 0.798. The van der Waals surface area contributed by atoms with Gasteiger partial charge >= 0.3 is 16.6 Å². The summed E-state index contributed by atoms with van der Waals surface area (Å²) in [6, 6.07) is 25.9. The molecule has 0 amide bonds. The number of fused-ring (bicyclic) bond motifs is 3. The van der Waals surface area contributed by atoms with Gasteiger partial charge in [0.15, 0.2) is 8.07 Å². The van der Waals surface area contributed by atoms with Gasteiger partial charge in [0.2, 0.25) is 0 Å². The summed E-state index contributed by atoms with van der Waals surface area (Å²) in [5, 5.41) is 5.22. The largest absolute Gasteiger partial charge is 0.649 e. The van der Waals surface area contributed by atoms with Crippen LogP contribution in [0.2, 0.25) is 0 Å². The second-order valence-electron chi connectivity index (χ2n) is 6.59. The van der Waals surface area contributed by atoms with Crippen LogP contribution in [-0.2, 0) is 0 Å². The van der Waals surface area contributed by atoms with E-state index in [4.69, 9.17) is 8.77 Å². The van der Waals surface area contributed by atoms with Crippen molar-refractivity contribution in [2.45, 2.75) is 0 Å². The Morgan fingerprint density at radius 1 is 0.741 bits per heavy atom. The lowest BCUT2D eigenvalue weighted by molar-refractivity contribution is 0.615. The highest BCUT2D eigenvalue weighted by Crippen LogP contribution is 2.32. The maximum atomic E-state index is 5.73. The molecule has 2 aromatic carbocycles. The Balaban J connectivity index is 1.99. The third kappa shape index (κ3) is 2.26. The summed E-state index contributed by atoms with van der Waals surface area (Å²) in [6.07, 6.45) is 5.69. The minimum Gasteiger partial charge on any atom is -0.649 e. The molecule has 1 radical (unpaired) electrons. The first-order valence-corrected chi connectivity index (χ1v) is 11.4. The summed E-state index contributed by atoms with van der Waals surface area (Å²) in [5.41, 5.74) is 2.12. The number of hydrogen-bond acceptors (Lipinski definition) is 3. The Hall–Kier alpha value is -2.71. The van der Waals surface area contributed by atoms with Crippen LogP contribution in [0.25, 0.3) is 11.3 Å². The average molecular weight is 379 g/mol. The molecule has 3 nitrogen and oxygen atoms in total. The molecule has 5 heteroatoms. The Labute approximate surface area is 167 Å². The highest BCUT2D eigenvalue weighted by atomic mass is 28.3. The van der Waals surface area contributed by atoms with Gasteiger partial charge in [0.1, 0.15) is 5.75 Å². The van der Waals surface area contributed by atoms with Crippen LogP contribution >= 0.6 is 0 Å². The van der Waals surface area contributed by atoms with Crippen molar-refractivity contribution in [3.8, 4) is 17.0 Å². The third-order valence-electron chi connectivity index (χ3n) is 5.33. The number of aromatic nitrogens is 2. The SMILES string of the molecule is [AlH][O]c1cncc2c1-c1ncccc1[Si]2(c1ccccc1)c1ccccc1. The van der Waals surface area contributed by atoms with E-state index in [0.717, 1.165) is 17.0 Å². The van der Waals surface area contributed by atoms with Gasteiger partial charge in [0, 0.05) is 18.0 Å². The zero-order valence-corrected chi connectivity index (χ0v) is 17.1. The predicted molar refractivity (Wildman–Crippen MR) is 112 cm³/mol. The van der Waals surface area contributed by atoms with Crippen molar-refractivity contribution in [3.05, 3.63) is 91.4 Å². The number of hydrogen-bond donors (Lipinski definition) is 0. The highest BCUT2D eigenvalue weighted by Gasteiger charge is 2.50. The Kier molecular flexibility index (Phi) is 3.94. The third-order valence-corrected chi connectivity index (χ3v) is 10.4. The summed E-state index contributed by atoms with van der Waals surface area (Å²) < 4.78 is 5.73. The van der Waals surface area contributed by atoms with Crippen LogP contribution in [0.3, 0.4) is 0 Å². The fourth-order valence-corrected chi connectivity index (χ4v) is 9.54. The molecule has 0 saturated heterocycles. The number of benzene rings is 2. The molecule has 0 bridgehead atoms. The molecule has 127 valence electrons. The lowest BCUT2D eigenvalue weighted by Gasteiger charge is -2.30. The van der Waals surface area contributed by atoms with Gasteiger partial charge < -0.3 is 3.79 Å². The first-order valence-electron chi connectivity index (χ1n) is 8.85. The highest BCUT2D eigenvalue weighted by molar-refractivity contribution is 7.22. The lowest BCUT2D eigenvalue weighted by Crippen LogP contribution is -2.72. The minimum atomic E-state index is -2.48. The van der Waals surface area contributed by atoms with Crippen LogP contribution in [0.1, 0.15) is 0 Å². The second-order valence-corrected chi connectivity index (χ2v) is 10.6. The fourth-order valence-electron chi connectivity index (χ4n) is 4.30. The molecular formula is C22H16AlN2OSi. The van der Waals surface area contributed by atoms with Crippen LogP contribution in [0.4, 0.5) is 0 Å². The molecule has 0 N–H and O–H groups in total. The first kappa shape index (κ1) is 16.5. The quantitative estimate of drug-likeness (QED) is 0.439. The van der Waals surface area contributed by atoms with Gasteiger partial charge in [-0.25, -0.2) is 0 Å². The molecule has 0 fully saturated rings. The molecule has 0 aliphatic carbocycles. The summed E-state index contributed by atoms with van der Waals surface area (Å²) in [6.45, 7) is 0. The monoisotopic (exact) mass is 379 g/mol. The zero-order chi connectivity index (χ0) is 18.3. The number of nitrogens with zero attached hydrogens (tertiary/aromatic N) is 2. The Bertz CT molecular complexity index is 1080. The Morgan fingerprint density at radius 3 is 2.04 bits per heavy atom. The van der Waals surface area contributed by atoms with E-state index in [1.807, 2.05) is 18.5 Å². The lowest BCUT2D eigenvalue weighted by atomic mass is 10.1. The molecular weight excluding hydrogens is 363 g/mol. The summed E-state index contributed by atoms with van der Waals surface area (Å²) in [5.74, 6) is 0.798. The van der Waals surface area contributed by atoms with Gasteiger partial charge in [-0.1, -0.05) is 66.7 Å². The molecule has 5 rings (SSSR count). The topological polar surface area (TPSA) is 35.0 Å². The smallest absolute Gasteiger partial charge is 0.494 e. The number of pyridine rings is 2. The standard InChI is InChI=1S/C22H16N2OSi.Al.H/c25-18-14-23-15-20-21(18)22-19(12-7-13-24-22)26(20,16-8-3-1-4-9-16)17-10-5-2-6-11-17;;/h1-15,25H;;/q;+1;/p-1. The van der Waals surface area contributed by atoms with Crippen molar-refractivity contribution in [2.24, 2.45) is 0 Å². The maximum absolute atomic E-state index is 5.73. The molecule has 0 saturated carbocycles. The van der Waals surface area contributed by atoms with Gasteiger partial charge in [-0.15, -0.1) is 0 Å². The van der Waals surface area contributed by atoms with Crippen molar-refractivity contribution >= 4 is 45.4 Å². The van der Waals surface area contributed by atoms with Crippen molar-refractivity contribution in [2.75, 3.05) is 0 Å². The van der Waals surface area contributed by atoms with E-state index in [1.165, 1.54) is 37.4 Å². The fraction of sp³-hybridized carbons (Fsp3) is 0. The average Bonchev–Trinajstić information content (AvgIpc) is 3.06. The zero-order valence-electron chi connectivity index (χ0n) is 14.7. The second kappa shape index (κ2) is 6.47. The van der Waals surface area contributed by atoms with Crippen molar-refractivity contribution in [1.82, 2.24) is 9.97 Å². The Morgan fingerprint density at radius 2 is 1.41 bits per heavy atom. The van der Waals surface area contributed by atoms with Crippen molar-refractivity contribution in [1.29, 1.82) is 0 Å². The van der Waals surface area contributed by atoms with Crippen LogP contribution in [0, 0.1) is 0 Å². The van der Waals surface area contributed by atoms with Gasteiger partial charge in [-0.05, 0) is 26.8 Å². The van der Waals surface area contributed by atoms with Crippen LogP contribution in [-0.4, -0.2) is 34.7 Å². The normalized spacial score (nSPS) is 13.6. The van der Waals surface area contributed by atoms with E-state index < -0.39 is 8.07 Å². The van der Waals surface area contributed by atoms with Gasteiger partial charge in [0.05, 0.1) is 11.9 Å². The van der Waals surface area contributed by atoms with E-state index in [-0.39, 0.29) is 0 Å². The summed E-state index contributed by atoms with van der Waals surface area (Å²) in [4.78, 5) is 9.33. The summed E-state index contributed by atoms with van der Waals surface area (Å²) >= 11 is 1.48. The van der Waals surface area contributed by atoms with E-state index >= 15 is 0 Å². The molecule has 4 aromatic rings. The molecule has 27 heavy (non-hydrogen) atoms. The van der Waals surface area contributed by atoms with E-state index in [9.17, 15) is 0 Å². The molecule has 1 aliphatic heterocycles. The first-order chi connectivity index (χ1) is 13.4. The van der Waals surface area contributed by atoms with E-state index in [1.54, 1.807) is 6.20 Å². The van der Waals surface area contributed by atoms with Crippen LogP contribution in [0.5, 0.6) is 5.75 Å². The molecule has 0 atom stereocenters.